The molecule has 0 radical (unpaired) electrons. The summed E-state index contributed by atoms with van der Waals surface area (Å²) in [6.07, 6.45) is 6.16. The maximum Gasteiger partial charge on any atom is 0.322 e. The Morgan fingerprint density at radius 3 is 1.34 bits per heavy atom. The number of anilines is 1. The van der Waals surface area contributed by atoms with Crippen LogP contribution in [0.1, 0.15) is 141 Å². The second-order valence-corrected chi connectivity index (χ2v) is 26.2. The number of fused-ring (bicyclic) bond motifs is 4. The number of rotatable bonds is 15. The minimum absolute atomic E-state index is 0.115. The molecule has 5 heterocycles. The number of hydrogen-bond acceptors (Lipinski definition) is 14. The molecule has 7 aromatic carbocycles. The van der Waals surface area contributed by atoms with Crippen molar-refractivity contribution in [3.05, 3.63) is 246 Å². The number of methoxy groups -OCH3 is 1. The van der Waals surface area contributed by atoms with E-state index in [2.05, 4.69) is 63.3 Å². The highest BCUT2D eigenvalue weighted by molar-refractivity contribution is 7.15. The van der Waals surface area contributed by atoms with Gasteiger partial charge in [0.05, 0.1) is 20.0 Å². The number of ether oxygens (including phenoxy) is 1. The van der Waals surface area contributed by atoms with Crippen molar-refractivity contribution in [3.8, 4) is 16.2 Å². The molecule has 100 heavy (non-hydrogen) atoms. The Bertz CT molecular complexity index is 4260. The van der Waals surface area contributed by atoms with E-state index in [1.165, 1.54) is 16.0 Å². The molecule has 23 heteroatoms. The number of benzene rings is 7. The second-order valence-electron chi connectivity index (χ2n) is 25.0. The van der Waals surface area contributed by atoms with Crippen molar-refractivity contribution in [2.24, 2.45) is 5.92 Å². The van der Waals surface area contributed by atoms with Crippen LogP contribution in [0.15, 0.2) is 158 Å². The van der Waals surface area contributed by atoms with Crippen LogP contribution in [0.25, 0.3) is 10.4 Å². The average molecular weight is 1380 g/mol. The first-order valence-electron chi connectivity index (χ1n) is 33.3. The molecule has 0 fully saturated rings. The maximum absolute atomic E-state index is 12.8. The molecule has 4 aliphatic rings. The third-order valence-electron chi connectivity index (χ3n) is 18.5. The molecule has 0 saturated heterocycles. The van der Waals surface area contributed by atoms with Gasteiger partial charge < -0.3 is 29.7 Å². The first-order valence-corrected chi connectivity index (χ1v) is 34.1. The molecule has 0 saturated carbocycles. The molecule has 1 unspecified atom stereocenters. The molecule has 1 atom stereocenters. The molecule has 4 aliphatic heterocycles. The summed E-state index contributed by atoms with van der Waals surface area (Å²) in [5.41, 5.74) is 22.0. The summed E-state index contributed by atoms with van der Waals surface area (Å²) in [6, 6.07) is 48.6. The lowest BCUT2D eigenvalue weighted by molar-refractivity contribution is -0.133. The number of nitrogens with one attached hydrogen (secondary N) is 5. The summed E-state index contributed by atoms with van der Waals surface area (Å²) < 4.78 is 5.10. The average Bonchev–Trinajstić information content (AvgIpc) is 0.959. The summed E-state index contributed by atoms with van der Waals surface area (Å²) in [5.74, 6) is -0.489. The van der Waals surface area contributed by atoms with Gasteiger partial charge in [0.15, 0.2) is 0 Å². The maximum atomic E-state index is 12.8. The fourth-order valence-electron chi connectivity index (χ4n) is 12.4. The molecule has 0 aliphatic carbocycles. The van der Waals surface area contributed by atoms with Crippen molar-refractivity contribution >= 4 is 64.4 Å². The quantitative estimate of drug-likeness (QED) is 0.0341. The third kappa shape index (κ3) is 19.2. The van der Waals surface area contributed by atoms with Gasteiger partial charge in [0.1, 0.15) is 5.75 Å². The van der Waals surface area contributed by atoms with Crippen LogP contribution in [0.2, 0.25) is 0 Å². The van der Waals surface area contributed by atoms with Crippen LogP contribution in [0, 0.1) is 12.8 Å². The van der Waals surface area contributed by atoms with Crippen molar-refractivity contribution in [1.82, 2.24) is 41.5 Å². The number of aryl methyl sites for hydroxylation is 2. The third-order valence-corrected chi connectivity index (χ3v) is 19.6. The lowest BCUT2D eigenvalue weighted by atomic mass is 9.94. The Kier molecular flexibility index (Phi) is 26.0. The van der Waals surface area contributed by atoms with E-state index in [0.29, 0.717) is 125 Å². The van der Waals surface area contributed by atoms with Crippen LogP contribution in [-0.4, -0.2) is 121 Å². The van der Waals surface area contributed by atoms with E-state index >= 15 is 0 Å². The van der Waals surface area contributed by atoms with Crippen molar-refractivity contribution < 1.29 is 63.9 Å². The molecule has 522 valence electrons. The summed E-state index contributed by atoms with van der Waals surface area (Å²) in [4.78, 5) is 106. The molecule has 9 amide bonds. The van der Waals surface area contributed by atoms with Crippen molar-refractivity contribution in [3.63, 3.8) is 0 Å². The zero-order chi connectivity index (χ0) is 71.4. The predicted octanol–water partition coefficient (Wildman–Crippen LogP) is 11.0. The Balaban J connectivity index is 0.000000156. The van der Waals surface area contributed by atoms with E-state index in [0.717, 1.165) is 85.5 Å². The summed E-state index contributed by atoms with van der Waals surface area (Å²) in [6.45, 7) is 13.0. The zero-order valence-electron chi connectivity index (χ0n) is 56.8. The zero-order valence-corrected chi connectivity index (χ0v) is 57.6. The minimum Gasteiger partial charge on any atom is -0.497 e. The van der Waals surface area contributed by atoms with Gasteiger partial charge in [0.25, 0.3) is 23.6 Å². The van der Waals surface area contributed by atoms with Crippen molar-refractivity contribution in [2.45, 2.75) is 112 Å². The van der Waals surface area contributed by atoms with Crippen LogP contribution in [0.5, 0.6) is 5.75 Å². The van der Waals surface area contributed by atoms with Crippen LogP contribution in [-0.2, 0) is 85.5 Å². The van der Waals surface area contributed by atoms with E-state index in [9.17, 15) is 38.4 Å². The molecular weight excluding hydrogens is 1290 g/mol. The molecule has 12 rings (SSSR count). The summed E-state index contributed by atoms with van der Waals surface area (Å²) in [5, 5.41) is 37.8. The monoisotopic (exact) mass is 1380 g/mol. The van der Waals surface area contributed by atoms with Gasteiger partial charge >= 0.3 is 6.03 Å². The predicted molar refractivity (Wildman–Crippen MR) is 378 cm³/mol. The normalized spacial score (nSPS) is 13.6. The minimum atomic E-state index is -0.539. The highest BCUT2D eigenvalue weighted by Crippen LogP contribution is 2.31. The fraction of sp³-hybridized carbons (Fsp3) is 0.299. The summed E-state index contributed by atoms with van der Waals surface area (Å²) >= 11 is 1.66. The van der Waals surface area contributed by atoms with Gasteiger partial charge in [-0.05, 0) is 197 Å². The number of hydrogen-bond donors (Lipinski definition) is 9. The van der Waals surface area contributed by atoms with Crippen LogP contribution >= 0.6 is 11.3 Å². The first kappa shape index (κ1) is 73.7. The molecular formula is C77H85N9O13S. The van der Waals surface area contributed by atoms with Crippen LogP contribution < -0.4 is 32.0 Å². The number of hydroxylamine groups is 4. The molecule has 8 aromatic rings. The number of amides is 9. The number of urea groups is 1. The Labute approximate surface area is 585 Å². The van der Waals surface area contributed by atoms with Crippen LogP contribution in [0.4, 0.5) is 10.5 Å². The van der Waals surface area contributed by atoms with E-state index in [4.69, 9.17) is 25.6 Å². The smallest absolute Gasteiger partial charge is 0.322 e. The van der Waals surface area contributed by atoms with E-state index in [-0.39, 0.29) is 23.8 Å². The Morgan fingerprint density at radius 2 is 0.910 bits per heavy atom. The number of carbonyl (C=O) groups excluding carboxylic acids is 8. The van der Waals surface area contributed by atoms with Gasteiger partial charge in [-0.15, -0.1) is 11.3 Å². The number of nitrogens with zero attached hydrogens (tertiary/aromatic N) is 4. The molecule has 9 N–H and O–H groups in total. The van der Waals surface area contributed by atoms with Gasteiger partial charge in [-0.25, -0.2) is 26.7 Å². The van der Waals surface area contributed by atoms with Gasteiger partial charge in [0.2, 0.25) is 17.7 Å². The van der Waals surface area contributed by atoms with Crippen molar-refractivity contribution in [2.75, 3.05) is 38.6 Å². The van der Waals surface area contributed by atoms with Gasteiger partial charge in [-0.2, -0.15) is 0 Å². The molecule has 1 aromatic heterocycles. The van der Waals surface area contributed by atoms with Gasteiger partial charge in [-0.1, -0.05) is 100.0 Å². The Morgan fingerprint density at radius 1 is 0.480 bits per heavy atom. The molecule has 0 bridgehead atoms. The molecule has 22 nitrogen and oxygen atoms in total. The van der Waals surface area contributed by atoms with E-state index in [1.807, 2.05) is 69.3 Å². The van der Waals surface area contributed by atoms with Crippen molar-refractivity contribution in [1.29, 1.82) is 0 Å². The number of carbonyl (C=O) groups is 8. The fourth-order valence-corrected chi connectivity index (χ4v) is 13.4. The first-order chi connectivity index (χ1) is 48.3. The van der Waals surface area contributed by atoms with Crippen LogP contribution in [0.3, 0.4) is 0 Å². The van der Waals surface area contributed by atoms with E-state index < -0.39 is 23.6 Å². The number of thiophene rings is 1. The lowest BCUT2D eigenvalue weighted by Crippen LogP contribution is -2.39. The lowest BCUT2D eigenvalue weighted by Gasteiger charge is -2.30. The Hall–Kier alpha value is -10.6. The standard InChI is InChI=1S/C22H20N2O3S.C21H24N2O3.C18H19N3O4.C16H22N2O3/c25-21(13-19-8-9-20(28-19)15-4-2-1-3-5-15)24-11-10-16-12-17(22(26)23-27)6-7-18(16)14-24;1-3-15-6-4-5-14(2)19(15)12-20(24)23-10-9-16-11-17(21(25)22-26)7-8-18(16)13-23;1-25-16-6-4-15(5-7-16)19-18(23)21-9-8-12-10-13(17(22)20-24)2-3-14(12)11-21;1-3-11(2)8-15(19)18-7-6-12-9-13(16(20)17-21)4-5-14(12)10-18/h1-9,12,27H,10-11,13-14H2,(H,23,26);4-8,11,26H,3,9-10,12-13H2,1-2H3,(H,22,25);2-7,10,24H,8-9,11H2,1H3,(H,19,23)(H,20,22);4-5,9,11,21H,3,6-8,10H2,1-2H3,(H,17,20). The highest BCUT2D eigenvalue weighted by Gasteiger charge is 2.27. The largest absolute Gasteiger partial charge is 0.497 e. The van der Waals surface area contributed by atoms with E-state index in [1.54, 1.807) is 118 Å². The highest BCUT2D eigenvalue weighted by atomic mass is 32.1. The van der Waals surface area contributed by atoms with Gasteiger partial charge in [0, 0.05) is 96.5 Å². The SMILES string of the molecule is CCC(C)CC(=O)N1CCc2cc(C(=O)NO)ccc2C1.CCc1cccc(C)c1CC(=O)N1CCc2cc(C(=O)NO)ccc2C1.COc1ccc(NC(=O)N2CCc3cc(C(=O)NO)ccc3C2)cc1.O=C(NO)c1ccc2c(c1)CCN(C(=O)Cc1ccc(-c3ccccc3)s1)C2. The second kappa shape index (κ2) is 35.3. The topological polar surface area (TPSA) is 300 Å². The molecule has 0 spiro atoms. The van der Waals surface area contributed by atoms with Gasteiger partial charge in [-0.3, -0.25) is 54.4 Å². The summed E-state index contributed by atoms with van der Waals surface area (Å²) in [7, 11) is 1.59.